The van der Waals surface area contributed by atoms with Crippen molar-refractivity contribution in [2.24, 2.45) is 0 Å². The third-order valence-electron chi connectivity index (χ3n) is 3.05. The summed E-state index contributed by atoms with van der Waals surface area (Å²) in [6, 6.07) is 5.15. The number of aromatic nitrogens is 1. The van der Waals surface area contributed by atoms with Gasteiger partial charge in [0.2, 0.25) is 5.89 Å². The SMILES string of the molecule is CC(C)(C)c1nc2ccc(OCC(=CF)CNC(=O)O)cc2o1. The highest BCUT2D eigenvalue weighted by molar-refractivity contribution is 5.74. The molecule has 1 heterocycles. The van der Waals surface area contributed by atoms with E-state index >= 15 is 0 Å². The average Bonchev–Trinajstić information content (AvgIpc) is 2.90. The Hall–Kier alpha value is -2.57. The first-order valence-corrected chi connectivity index (χ1v) is 7.08. The summed E-state index contributed by atoms with van der Waals surface area (Å²) in [4.78, 5) is 14.8. The Kier molecular flexibility index (Phi) is 4.88. The number of rotatable bonds is 5. The maximum absolute atomic E-state index is 12.7. The molecule has 0 aliphatic carbocycles. The molecule has 2 N–H and O–H groups in total. The van der Waals surface area contributed by atoms with Crippen LogP contribution in [-0.4, -0.2) is 29.3 Å². The topological polar surface area (TPSA) is 84.6 Å². The molecule has 124 valence electrons. The number of fused-ring (bicyclic) bond motifs is 1. The van der Waals surface area contributed by atoms with Crippen LogP contribution in [0.15, 0.2) is 34.5 Å². The van der Waals surface area contributed by atoms with Gasteiger partial charge in [-0.3, -0.25) is 0 Å². The number of nitrogens with one attached hydrogen (secondary N) is 1. The summed E-state index contributed by atoms with van der Waals surface area (Å²) in [6.45, 7) is 5.81. The van der Waals surface area contributed by atoms with Gasteiger partial charge in [0.15, 0.2) is 5.58 Å². The molecule has 0 radical (unpaired) electrons. The first-order valence-electron chi connectivity index (χ1n) is 7.08. The largest absolute Gasteiger partial charge is 0.489 e. The lowest BCUT2D eigenvalue weighted by Gasteiger charge is -2.11. The Bertz CT molecular complexity index is 731. The average molecular weight is 322 g/mol. The van der Waals surface area contributed by atoms with Crippen molar-refractivity contribution in [2.45, 2.75) is 26.2 Å². The molecule has 1 aromatic heterocycles. The number of nitrogens with zero attached hydrogens (tertiary/aromatic N) is 1. The summed E-state index contributed by atoms with van der Waals surface area (Å²) in [5.74, 6) is 1.11. The lowest BCUT2D eigenvalue weighted by Crippen LogP contribution is -2.25. The molecule has 0 unspecified atom stereocenters. The second-order valence-electron chi connectivity index (χ2n) is 6.11. The van der Waals surface area contributed by atoms with Crippen LogP contribution >= 0.6 is 0 Å². The number of hydrogen-bond donors (Lipinski definition) is 2. The fraction of sp³-hybridized carbons (Fsp3) is 0.375. The maximum Gasteiger partial charge on any atom is 0.404 e. The molecule has 7 heteroatoms. The smallest absolute Gasteiger partial charge is 0.404 e. The van der Waals surface area contributed by atoms with Crippen molar-refractivity contribution in [3.05, 3.63) is 36.0 Å². The van der Waals surface area contributed by atoms with Crippen LogP contribution in [-0.2, 0) is 5.41 Å². The Morgan fingerprint density at radius 3 is 2.83 bits per heavy atom. The summed E-state index contributed by atoms with van der Waals surface area (Å²) in [6.07, 6.45) is -0.886. The molecular weight excluding hydrogens is 303 g/mol. The van der Waals surface area contributed by atoms with Crippen LogP contribution in [0.2, 0.25) is 0 Å². The monoisotopic (exact) mass is 322 g/mol. The van der Waals surface area contributed by atoms with Crippen LogP contribution in [0.1, 0.15) is 26.7 Å². The van der Waals surface area contributed by atoms with Crippen molar-refractivity contribution in [3.63, 3.8) is 0 Å². The van der Waals surface area contributed by atoms with Gasteiger partial charge in [-0.15, -0.1) is 0 Å². The maximum atomic E-state index is 12.7. The zero-order valence-corrected chi connectivity index (χ0v) is 13.2. The van der Waals surface area contributed by atoms with Gasteiger partial charge in [-0.25, -0.2) is 14.2 Å². The van der Waals surface area contributed by atoms with Crippen LogP contribution < -0.4 is 10.1 Å². The standard InChI is InChI=1S/C16H19FN2O4/c1-16(2,3)14-19-12-5-4-11(6-13(12)23-14)22-9-10(7-17)8-18-15(20)21/h4-7,18H,8-9H2,1-3H3,(H,20,21). The Balaban J connectivity index is 2.07. The predicted octanol–water partition coefficient (Wildman–Crippen LogP) is 3.63. The molecule has 1 amide bonds. The minimum absolute atomic E-state index is 0.0669. The van der Waals surface area contributed by atoms with Gasteiger partial charge in [-0.05, 0) is 12.1 Å². The molecule has 2 rings (SSSR count). The molecule has 0 saturated heterocycles. The minimum atomic E-state index is -1.22. The van der Waals surface area contributed by atoms with Gasteiger partial charge in [0.05, 0.1) is 6.33 Å². The summed E-state index contributed by atoms with van der Waals surface area (Å²) in [5, 5.41) is 10.6. The van der Waals surface area contributed by atoms with E-state index in [0.29, 0.717) is 23.6 Å². The van der Waals surface area contributed by atoms with Crippen molar-refractivity contribution in [1.82, 2.24) is 10.3 Å². The summed E-state index contributed by atoms with van der Waals surface area (Å²) in [5.41, 5.74) is 1.28. The molecule has 0 aliphatic rings. The molecule has 2 aromatic rings. The summed E-state index contributed by atoms with van der Waals surface area (Å²) in [7, 11) is 0. The Morgan fingerprint density at radius 1 is 1.48 bits per heavy atom. The molecule has 1 aromatic carbocycles. The van der Waals surface area contributed by atoms with Gasteiger partial charge in [-0.2, -0.15) is 0 Å². The van der Waals surface area contributed by atoms with E-state index in [1.54, 1.807) is 18.2 Å². The third-order valence-corrected chi connectivity index (χ3v) is 3.05. The van der Waals surface area contributed by atoms with Crippen LogP contribution in [0.4, 0.5) is 9.18 Å². The van der Waals surface area contributed by atoms with Crippen LogP contribution in [0, 0.1) is 0 Å². The van der Waals surface area contributed by atoms with E-state index in [4.69, 9.17) is 14.3 Å². The first-order chi connectivity index (χ1) is 10.8. The molecule has 0 spiro atoms. The van der Waals surface area contributed by atoms with Crippen LogP contribution in [0.25, 0.3) is 11.1 Å². The highest BCUT2D eigenvalue weighted by atomic mass is 19.1. The van der Waals surface area contributed by atoms with Crippen molar-refractivity contribution >= 4 is 17.2 Å². The lowest BCUT2D eigenvalue weighted by molar-refractivity contribution is 0.195. The highest BCUT2D eigenvalue weighted by Gasteiger charge is 2.21. The second kappa shape index (κ2) is 6.68. The van der Waals surface area contributed by atoms with Crippen molar-refractivity contribution < 1.29 is 23.4 Å². The van der Waals surface area contributed by atoms with Gasteiger partial charge in [0.1, 0.15) is 17.9 Å². The number of oxazole rings is 1. The van der Waals surface area contributed by atoms with E-state index < -0.39 is 6.09 Å². The van der Waals surface area contributed by atoms with Gasteiger partial charge < -0.3 is 19.6 Å². The predicted molar refractivity (Wildman–Crippen MR) is 83.4 cm³/mol. The fourth-order valence-corrected chi connectivity index (χ4v) is 1.80. The first kappa shape index (κ1) is 16.8. The molecule has 0 saturated carbocycles. The van der Waals surface area contributed by atoms with Crippen molar-refractivity contribution in [1.29, 1.82) is 0 Å². The highest BCUT2D eigenvalue weighted by Crippen LogP contribution is 2.28. The van der Waals surface area contributed by atoms with Crippen molar-refractivity contribution in [3.8, 4) is 5.75 Å². The molecule has 0 fully saturated rings. The number of carboxylic acid groups (broad SMARTS) is 1. The van der Waals surface area contributed by atoms with Gasteiger partial charge >= 0.3 is 6.09 Å². The van der Waals surface area contributed by atoms with E-state index in [0.717, 1.165) is 5.52 Å². The number of halogens is 1. The molecule has 0 aliphatic heterocycles. The molecule has 0 atom stereocenters. The second-order valence-corrected chi connectivity index (χ2v) is 6.11. The van der Waals surface area contributed by atoms with E-state index in [2.05, 4.69) is 10.3 Å². The molecule has 0 bridgehead atoms. The number of carbonyl (C=O) groups is 1. The number of benzene rings is 1. The van der Waals surface area contributed by atoms with E-state index in [-0.39, 0.29) is 24.1 Å². The summed E-state index contributed by atoms with van der Waals surface area (Å²) >= 11 is 0. The minimum Gasteiger partial charge on any atom is -0.489 e. The number of ether oxygens (including phenoxy) is 1. The fourth-order valence-electron chi connectivity index (χ4n) is 1.80. The van der Waals surface area contributed by atoms with E-state index in [9.17, 15) is 9.18 Å². The van der Waals surface area contributed by atoms with Gasteiger partial charge in [-0.1, -0.05) is 20.8 Å². The molecule has 6 nitrogen and oxygen atoms in total. The third kappa shape index (κ3) is 4.45. The Labute approximate surface area is 133 Å². The normalized spacial score (nSPS) is 12.4. The van der Waals surface area contributed by atoms with Gasteiger partial charge in [0, 0.05) is 23.6 Å². The summed E-state index contributed by atoms with van der Waals surface area (Å²) < 4.78 is 23.9. The Morgan fingerprint density at radius 2 is 2.22 bits per heavy atom. The van der Waals surface area contributed by atoms with Gasteiger partial charge in [0.25, 0.3) is 0 Å². The molecular formula is C16H19FN2O4. The van der Waals surface area contributed by atoms with Crippen molar-refractivity contribution in [2.75, 3.05) is 13.2 Å². The zero-order chi connectivity index (χ0) is 17.0. The van der Waals surface area contributed by atoms with E-state index in [1.807, 2.05) is 20.8 Å². The molecule has 23 heavy (non-hydrogen) atoms. The van der Waals surface area contributed by atoms with Crippen LogP contribution in [0.3, 0.4) is 0 Å². The lowest BCUT2D eigenvalue weighted by atomic mass is 9.97. The quantitative estimate of drug-likeness (QED) is 0.878. The van der Waals surface area contributed by atoms with E-state index in [1.165, 1.54) is 0 Å². The van der Waals surface area contributed by atoms with Crippen LogP contribution in [0.5, 0.6) is 5.75 Å². The number of amides is 1. The number of hydrogen-bond acceptors (Lipinski definition) is 4. The zero-order valence-electron chi connectivity index (χ0n) is 13.2.